The molecule has 6 nitrogen and oxygen atoms in total. The van der Waals surface area contributed by atoms with Crippen LogP contribution in [0.25, 0.3) is 0 Å². The van der Waals surface area contributed by atoms with E-state index in [9.17, 15) is 4.79 Å². The van der Waals surface area contributed by atoms with Crippen molar-refractivity contribution >= 4 is 5.78 Å². The molecule has 0 radical (unpaired) electrons. The molecule has 0 aliphatic carbocycles. The topological polar surface area (TPSA) is 74.5 Å². The summed E-state index contributed by atoms with van der Waals surface area (Å²) in [5.41, 5.74) is 0.593. The fourth-order valence-corrected chi connectivity index (χ4v) is 2.02. The minimum atomic E-state index is -0.0152. The van der Waals surface area contributed by atoms with E-state index in [2.05, 4.69) is 10.1 Å². The first kappa shape index (κ1) is 15.7. The van der Waals surface area contributed by atoms with Gasteiger partial charge < -0.3 is 14.0 Å². The Balaban J connectivity index is 1.54. The highest BCUT2D eigenvalue weighted by Crippen LogP contribution is 2.15. The summed E-state index contributed by atoms with van der Waals surface area (Å²) >= 11 is 0. The Morgan fingerprint density at radius 2 is 1.75 bits per heavy atom. The van der Waals surface area contributed by atoms with Crippen LogP contribution in [0, 0.1) is 0 Å². The van der Waals surface area contributed by atoms with Crippen LogP contribution >= 0.6 is 0 Å². The molecule has 0 bridgehead atoms. The second-order valence-corrected chi connectivity index (χ2v) is 5.08. The number of rotatable bonds is 7. The van der Waals surface area contributed by atoms with E-state index in [-0.39, 0.29) is 19.0 Å². The zero-order chi connectivity index (χ0) is 16.8. The highest BCUT2D eigenvalue weighted by Gasteiger charge is 2.08. The lowest BCUT2D eigenvalue weighted by atomic mass is 10.1. The van der Waals surface area contributed by atoms with Gasteiger partial charge in [-0.25, -0.2) is 0 Å². The second-order valence-electron chi connectivity index (χ2n) is 5.08. The Bertz CT molecular complexity index is 815. The van der Waals surface area contributed by atoms with Crippen LogP contribution in [0.2, 0.25) is 0 Å². The number of Topliss-reactive ketones (excluding diaryl/α,β-unsaturated/α-hetero) is 1. The summed E-state index contributed by atoms with van der Waals surface area (Å²) in [6.07, 6.45) is 0. The van der Waals surface area contributed by atoms with Gasteiger partial charge in [0, 0.05) is 5.56 Å². The first-order valence-corrected chi connectivity index (χ1v) is 7.44. The minimum Gasteiger partial charge on any atom is -0.485 e. The number of ketones is 1. The lowest BCUT2D eigenvalue weighted by molar-refractivity contribution is 0.101. The molecule has 0 N–H and O–H groups in total. The summed E-state index contributed by atoms with van der Waals surface area (Å²) in [5, 5.41) is 3.84. The number of benzene rings is 2. The Hall–Kier alpha value is -3.15. The number of carbonyl (C=O) groups excluding carboxylic acids is 1. The predicted molar refractivity (Wildman–Crippen MR) is 85.9 cm³/mol. The maximum absolute atomic E-state index is 11.4. The third-order valence-corrected chi connectivity index (χ3v) is 3.22. The van der Waals surface area contributed by atoms with E-state index in [0.717, 1.165) is 5.75 Å². The van der Waals surface area contributed by atoms with Gasteiger partial charge in [0.25, 0.3) is 5.89 Å². The summed E-state index contributed by atoms with van der Waals surface area (Å²) in [5.74, 6) is 2.08. The van der Waals surface area contributed by atoms with Gasteiger partial charge in [-0.05, 0) is 31.2 Å². The standard InChI is InChI=1S/C18H16N2O4/c1-13(21)14-6-5-9-16(10-14)23-12-18-19-17(20-24-18)11-22-15-7-3-2-4-8-15/h2-10H,11-12H2,1H3. The van der Waals surface area contributed by atoms with E-state index < -0.39 is 0 Å². The Labute approximate surface area is 139 Å². The van der Waals surface area contributed by atoms with Crippen molar-refractivity contribution in [1.29, 1.82) is 0 Å². The van der Waals surface area contributed by atoms with Gasteiger partial charge in [0.1, 0.15) is 11.5 Å². The van der Waals surface area contributed by atoms with Crippen molar-refractivity contribution in [3.05, 3.63) is 71.9 Å². The summed E-state index contributed by atoms with van der Waals surface area (Å²) in [4.78, 5) is 15.6. The molecule has 3 rings (SSSR count). The number of para-hydroxylation sites is 1. The summed E-state index contributed by atoms with van der Waals surface area (Å²) in [7, 11) is 0. The number of ether oxygens (including phenoxy) is 2. The van der Waals surface area contributed by atoms with Crippen molar-refractivity contribution in [3.8, 4) is 11.5 Å². The summed E-state index contributed by atoms with van der Waals surface area (Å²) < 4.78 is 16.2. The molecule has 0 spiro atoms. The predicted octanol–water partition coefficient (Wildman–Crippen LogP) is 3.43. The van der Waals surface area contributed by atoms with Crippen molar-refractivity contribution in [1.82, 2.24) is 10.1 Å². The molecular weight excluding hydrogens is 308 g/mol. The van der Waals surface area contributed by atoms with Gasteiger partial charge in [-0.2, -0.15) is 4.98 Å². The van der Waals surface area contributed by atoms with Gasteiger partial charge in [0.2, 0.25) is 5.82 Å². The second kappa shape index (κ2) is 7.41. The molecular formula is C18H16N2O4. The van der Waals surface area contributed by atoms with Gasteiger partial charge in [0.15, 0.2) is 19.0 Å². The number of hydrogen-bond donors (Lipinski definition) is 0. The van der Waals surface area contributed by atoms with Crippen LogP contribution in [0.5, 0.6) is 11.5 Å². The molecule has 0 atom stereocenters. The van der Waals surface area contributed by atoms with E-state index in [1.807, 2.05) is 30.3 Å². The fraction of sp³-hybridized carbons (Fsp3) is 0.167. The molecule has 2 aromatic carbocycles. The molecule has 1 heterocycles. The fourth-order valence-electron chi connectivity index (χ4n) is 2.02. The first-order valence-electron chi connectivity index (χ1n) is 7.44. The van der Waals surface area contributed by atoms with Gasteiger partial charge >= 0.3 is 0 Å². The van der Waals surface area contributed by atoms with E-state index in [0.29, 0.717) is 23.0 Å². The SMILES string of the molecule is CC(=O)c1cccc(OCc2nc(COc3ccccc3)no2)c1. The van der Waals surface area contributed by atoms with Crippen LogP contribution < -0.4 is 9.47 Å². The van der Waals surface area contributed by atoms with E-state index in [1.54, 1.807) is 24.3 Å². The third kappa shape index (κ3) is 4.19. The molecule has 6 heteroatoms. The van der Waals surface area contributed by atoms with Gasteiger partial charge in [-0.3, -0.25) is 4.79 Å². The molecule has 0 saturated carbocycles. The molecule has 122 valence electrons. The smallest absolute Gasteiger partial charge is 0.264 e. The summed E-state index contributed by atoms with van der Waals surface area (Å²) in [6, 6.07) is 16.3. The minimum absolute atomic E-state index is 0.0152. The van der Waals surface area contributed by atoms with Crippen LogP contribution in [0.1, 0.15) is 29.0 Å². The van der Waals surface area contributed by atoms with E-state index >= 15 is 0 Å². The molecule has 0 fully saturated rings. The van der Waals surface area contributed by atoms with Crippen LogP contribution in [-0.2, 0) is 13.2 Å². The maximum Gasteiger partial charge on any atom is 0.264 e. The monoisotopic (exact) mass is 324 g/mol. The largest absolute Gasteiger partial charge is 0.485 e. The third-order valence-electron chi connectivity index (χ3n) is 3.22. The maximum atomic E-state index is 11.4. The lowest BCUT2D eigenvalue weighted by Crippen LogP contribution is -2.00. The van der Waals surface area contributed by atoms with Gasteiger partial charge in [-0.1, -0.05) is 35.5 Å². The quantitative estimate of drug-likeness (QED) is 0.620. The zero-order valence-electron chi connectivity index (χ0n) is 13.1. The Morgan fingerprint density at radius 1 is 1.00 bits per heavy atom. The van der Waals surface area contributed by atoms with E-state index in [1.165, 1.54) is 6.92 Å². The Kier molecular flexibility index (Phi) is 4.86. The number of hydrogen-bond acceptors (Lipinski definition) is 6. The van der Waals surface area contributed by atoms with Crippen LogP contribution in [0.15, 0.2) is 59.1 Å². The molecule has 0 amide bonds. The molecule has 1 aromatic heterocycles. The highest BCUT2D eigenvalue weighted by atomic mass is 16.5. The van der Waals surface area contributed by atoms with Crippen LogP contribution in [0.4, 0.5) is 0 Å². The zero-order valence-corrected chi connectivity index (χ0v) is 13.1. The van der Waals surface area contributed by atoms with Crippen molar-refractivity contribution in [3.63, 3.8) is 0 Å². The molecule has 0 unspecified atom stereocenters. The average Bonchev–Trinajstić information content (AvgIpc) is 3.07. The van der Waals surface area contributed by atoms with Crippen molar-refractivity contribution in [2.75, 3.05) is 0 Å². The van der Waals surface area contributed by atoms with Crippen molar-refractivity contribution in [2.45, 2.75) is 20.1 Å². The van der Waals surface area contributed by atoms with Gasteiger partial charge in [0.05, 0.1) is 0 Å². The average molecular weight is 324 g/mol. The molecule has 0 aliphatic rings. The number of aromatic nitrogens is 2. The molecule has 24 heavy (non-hydrogen) atoms. The van der Waals surface area contributed by atoms with Crippen molar-refractivity contribution < 1.29 is 18.8 Å². The number of nitrogens with zero attached hydrogens (tertiary/aromatic N) is 2. The summed E-state index contributed by atoms with van der Waals surface area (Å²) in [6.45, 7) is 1.85. The van der Waals surface area contributed by atoms with Crippen molar-refractivity contribution in [2.24, 2.45) is 0 Å². The van der Waals surface area contributed by atoms with Crippen LogP contribution in [-0.4, -0.2) is 15.9 Å². The molecule has 0 saturated heterocycles. The molecule has 3 aromatic rings. The van der Waals surface area contributed by atoms with E-state index in [4.69, 9.17) is 14.0 Å². The number of carbonyl (C=O) groups is 1. The lowest BCUT2D eigenvalue weighted by Gasteiger charge is -2.04. The highest BCUT2D eigenvalue weighted by molar-refractivity contribution is 5.94. The Morgan fingerprint density at radius 3 is 2.54 bits per heavy atom. The molecule has 0 aliphatic heterocycles. The first-order chi connectivity index (χ1) is 11.7. The van der Waals surface area contributed by atoms with Gasteiger partial charge in [-0.15, -0.1) is 0 Å². The normalized spacial score (nSPS) is 10.4. The van der Waals surface area contributed by atoms with Crippen LogP contribution in [0.3, 0.4) is 0 Å².